The summed E-state index contributed by atoms with van der Waals surface area (Å²) in [6.45, 7) is 1.89. The average molecular weight is 350 g/mol. The fourth-order valence-electron chi connectivity index (χ4n) is 2.33. The van der Waals surface area contributed by atoms with Crippen molar-refractivity contribution in [3.8, 4) is 17.2 Å². The normalized spacial score (nSPS) is 11.5. The van der Waals surface area contributed by atoms with E-state index in [-0.39, 0.29) is 11.9 Å². The molecule has 0 saturated carbocycles. The lowest BCUT2D eigenvalue weighted by Gasteiger charge is -2.17. The molecule has 0 aliphatic heterocycles. The smallest absolute Gasteiger partial charge is 0.255 e. The molecule has 0 fully saturated rings. The summed E-state index contributed by atoms with van der Waals surface area (Å²) in [6.07, 6.45) is 0. The lowest BCUT2D eigenvalue weighted by molar-refractivity contribution is 0.0937. The Morgan fingerprint density at radius 1 is 0.958 bits per heavy atom. The van der Waals surface area contributed by atoms with Crippen molar-refractivity contribution in [3.05, 3.63) is 52.5 Å². The van der Waals surface area contributed by atoms with Crippen molar-refractivity contribution in [1.82, 2.24) is 5.32 Å². The molecular weight excluding hydrogens is 330 g/mol. The first-order valence-electron chi connectivity index (χ1n) is 7.36. The number of halogens is 1. The van der Waals surface area contributed by atoms with E-state index in [9.17, 15) is 4.79 Å². The van der Waals surface area contributed by atoms with Crippen LogP contribution >= 0.6 is 11.6 Å². The van der Waals surface area contributed by atoms with Crippen LogP contribution in [-0.4, -0.2) is 27.2 Å². The maximum absolute atomic E-state index is 12.5. The minimum atomic E-state index is -0.245. The molecule has 1 atom stereocenters. The fourth-order valence-corrected chi connectivity index (χ4v) is 2.49. The van der Waals surface area contributed by atoms with Crippen molar-refractivity contribution in [2.75, 3.05) is 21.3 Å². The summed E-state index contributed by atoms with van der Waals surface area (Å²) in [5.41, 5.74) is 1.32. The average Bonchev–Trinajstić information content (AvgIpc) is 2.60. The van der Waals surface area contributed by atoms with E-state index >= 15 is 0 Å². The topological polar surface area (TPSA) is 56.8 Å². The molecule has 0 spiro atoms. The predicted molar refractivity (Wildman–Crippen MR) is 93.4 cm³/mol. The van der Waals surface area contributed by atoms with Crippen LogP contribution in [0.3, 0.4) is 0 Å². The summed E-state index contributed by atoms with van der Waals surface area (Å²) in [5.74, 6) is 1.43. The highest BCUT2D eigenvalue weighted by molar-refractivity contribution is 6.30. The molecule has 0 aliphatic carbocycles. The molecule has 1 unspecified atom stereocenters. The van der Waals surface area contributed by atoms with Crippen LogP contribution in [0.15, 0.2) is 36.4 Å². The highest BCUT2D eigenvalue weighted by Gasteiger charge is 2.17. The second-order valence-corrected chi connectivity index (χ2v) is 5.59. The van der Waals surface area contributed by atoms with Crippen molar-refractivity contribution >= 4 is 17.5 Å². The molecule has 1 amide bonds. The van der Waals surface area contributed by atoms with Gasteiger partial charge in [0.15, 0.2) is 11.5 Å². The molecular formula is C18H20ClNO4. The van der Waals surface area contributed by atoms with Crippen LogP contribution in [0.5, 0.6) is 17.2 Å². The number of hydrogen-bond acceptors (Lipinski definition) is 4. The Morgan fingerprint density at radius 3 is 2.25 bits per heavy atom. The zero-order valence-electron chi connectivity index (χ0n) is 14.1. The van der Waals surface area contributed by atoms with Gasteiger partial charge in [0.1, 0.15) is 5.75 Å². The summed E-state index contributed by atoms with van der Waals surface area (Å²) in [7, 11) is 4.65. The van der Waals surface area contributed by atoms with Gasteiger partial charge in [-0.2, -0.15) is 0 Å². The van der Waals surface area contributed by atoms with Crippen LogP contribution in [-0.2, 0) is 0 Å². The summed E-state index contributed by atoms with van der Waals surface area (Å²) in [4.78, 5) is 12.5. The SMILES string of the molecule is COc1ccc(C(C)NC(=O)c2ccc(Cl)cc2OC)cc1OC. The molecule has 0 radical (unpaired) electrons. The van der Waals surface area contributed by atoms with Crippen LogP contribution in [0.4, 0.5) is 0 Å². The van der Waals surface area contributed by atoms with E-state index in [0.29, 0.717) is 27.8 Å². The number of carbonyl (C=O) groups is 1. The summed E-state index contributed by atoms with van der Waals surface area (Å²) in [6, 6.07) is 10.2. The van der Waals surface area contributed by atoms with Gasteiger partial charge in [-0.25, -0.2) is 0 Å². The first-order chi connectivity index (χ1) is 11.5. The van der Waals surface area contributed by atoms with E-state index in [0.717, 1.165) is 5.56 Å². The Hall–Kier alpha value is -2.40. The number of carbonyl (C=O) groups excluding carboxylic acids is 1. The molecule has 128 valence electrons. The number of amides is 1. The minimum Gasteiger partial charge on any atom is -0.496 e. The number of nitrogens with one attached hydrogen (secondary N) is 1. The Kier molecular flexibility index (Phi) is 5.93. The van der Waals surface area contributed by atoms with E-state index in [2.05, 4.69) is 5.32 Å². The number of ether oxygens (including phenoxy) is 3. The van der Waals surface area contributed by atoms with Crippen LogP contribution in [0.2, 0.25) is 5.02 Å². The maximum Gasteiger partial charge on any atom is 0.255 e. The van der Waals surface area contributed by atoms with Gasteiger partial charge >= 0.3 is 0 Å². The highest BCUT2D eigenvalue weighted by atomic mass is 35.5. The van der Waals surface area contributed by atoms with Crippen molar-refractivity contribution < 1.29 is 19.0 Å². The zero-order valence-corrected chi connectivity index (χ0v) is 14.8. The molecule has 0 aliphatic rings. The third-order valence-electron chi connectivity index (χ3n) is 3.66. The number of methoxy groups -OCH3 is 3. The molecule has 5 nitrogen and oxygen atoms in total. The van der Waals surface area contributed by atoms with Gasteiger partial charge in [-0.1, -0.05) is 17.7 Å². The maximum atomic E-state index is 12.5. The fraction of sp³-hybridized carbons (Fsp3) is 0.278. The Morgan fingerprint density at radius 2 is 1.62 bits per heavy atom. The van der Waals surface area contributed by atoms with Crippen molar-refractivity contribution in [3.63, 3.8) is 0 Å². The number of hydrogen-bond donors (Lipinski definition) is 1. The van der Waals surface area contributed by atoms with E-state index < -0.39 is 0 Å². The minimum absolute atomic E-state index is 0.224. The van der Waals surface area contributed by atoms with Crippen LogP contribution in [0.25, 0.3) is 0 Å². The van der Waals surface area contributed by atoms with Crippen molar-refractivity contribution in [2.24, 2.45) is 0 Å². The monoisotopic (exact) mass is 349 g/mol. The standard InChI is InChI=1S/C18H20ClNO4/c1-11(12-5-8-15(22-2)17(9-12)24-4)20-18(21)14-7-6-13(19)10-16(14)23-3/h5-11H,1-4H3,(H,20,21). The van der Waals surface area contributed by atoms with E-state index in [1.54, 1.807) is 38.5 Å². The van der Waals surface area contributed by atoms with Crippen LogP contribution < -0.4 is 19.5 Å². The van der Waals surface area contributed by atoms with Gasteiger partial charge in [-0.3, -0.25) is 4.79 Å². The Balaban J connectivity index is 2.20. The van der Waals surface area contributed by atoms with Crippen LogP contribution in [0, 0.1) is 0 Å². The summed E-state index contributed by atoms with van der Waals surface area (Å²) in [5, 5.41) is 3.45. The summed E-state index contributed by atoms with van der Waals surface area (Å²) < 4.78 is 15.7. The molecule has 0 saturated heterocycles. The van der Waals surface area contributed by atoms with Gasteiger partial charge in [-0.05, 0) is 42.8 Å². The van der Waals surface area contributed by atoms with Gasteiger partial charge in [-0.15, -0.1) is 0 Å². The first-order valence-corrected chi connectivity index (χ1v) is 7.74. The number of rotatable bonds is 6. The molecule has 2 aromatic carbocycles. The second-order valence-electron chi connectivity index (χ2n) is 5.15. The molecule has 0 aromatic heterocycles. The largest absolute Gasteiger partial charge is 0.496 e. The molecule has 2 aromatic rings. The zero-order chi connectivity index (χ0) is 17.7. The van der Waals surface area contributed by atoms with Gasteiger partial charge in [0.05, 0.1) is 32.9 Å². The quantitative estimate of drug-likeness (QED) is 0.860. The lowest BCUT2D eigenvalue weighted by Crippen LogP contribution is -2.27. The molecule has 0 heterocycles. The van der Waals surface area contributed by atoms with E-state index in [1.165, 1.54) is 7.11 Å². The molecule has 1 N–H and O–H groups in total. The third kappa shape index (κ3) is 3.92. The van der Waals surface area contributed by atoms with Gasteiger partial charge < -0.3 is 19.5 Å². The van der Waals surface area contributed by atoms with Gasteiger partial charge in [0, 0.05) is 5.02 Å². The van der Waals surface area contributed by atoms with Crippen molar-refractivity contribution in [1.29, 1.82) is 0 Å². The van der Waals surface area contributed by atoms with E-state index in [4.69, 9.17) is 25.8 Å². The van der Waals surface area contributed by atoms with Gasteiger partial charge in [0.2, 0.25) is 0 Å². The van der Waals surface area contributed by atoms with E-state index in [1.807, 2.05) is 19.1 Å². The highest BCUT2D eigenvalue weighted by Crippen LogP contribution is 2.30. The second kappa shape index (κ2) is 7.93. The Labute approximate surface area is 146 Å². The summed E-state index contributed by atoms with van der Waals surface area (Å²) >= 11 is 5.93. The predicted octanol–water partition coefficient (Wildman–Crippen LogP) is 3.86. The van der Waals surface area contributed by atoms with Crippen molar-refractivity contribution in [2.45, 2.75) is 13.0 Å². The molecule has 0 bridgehead atoms. The Bertz CT molecular complexity index is 733. The lowest BCUT2D eigenvalue weighted by atomic mass is 10.1. The molecule has 24 heavy (non-hydrogen) atoms. The molecule has 6 heteroatoms. The van der Waals surface area contributed by atoms with Crippen LogP contribution in [0.1, 0.15) is 28.9 Å². The first kappa shape index (κ1) is 17.9. The third-order valence-corrected chi connectivity index (χ3v) is 3.90. The number of benzene rings is 2. The van der Waals surface area contributed by atoms with Gasteiger partial charge in [0.25, 0.3) is 5.91 Å². The molecule has 2 rings (SSSR count).